The van der Waals surface area contributed by atoms with E-state index in [1.807, 2.05) is 37.3 Å². The Morgan fingerprint density at radius 1 is 1.03 bits per heavy atom. The summed E-state index contributed by atoms with van der Waals surface area (Å²) in [7, 11) is 0. The summed E-state index contributed by atoms with van der Waals surface area (Å²) in [5.41, 5.74) is 11.1. The van der Waals surface area contributed by atoms with Gasteiger partial charge in [-0.15, -0.1) is 0 Å². The molecule has 8 nitrogen and oxygen atoms in total. The lowest BCUT2D eigenvalue weighted by Gasteiger charge is -2.23. The van der Waals surface area contributed by atoms with E-state index >= 15 is 0 Å². The van der Waals surface area contributed by atoms with Crippen LogP contribution in [0.25, 0.3) is 10.9 Å². The number of nitrogens with zero attached hydrogens (tertiary/aromatic N) is 4. The Bertz CT molecular complexity index is 1690. The molecule has 0 radical (unpaired) electrons. The largest absolute Gasteiger partial charge is 0.366 e. The van der Waals surface area contributed by atoms with Gasteiger partial charge in [0.15, 0.2) is 0 Å². The molecule has 0 bridgehead atoms. The number of amides is 2. The van der Waals surface area contributed by atoms with Crippen molar-refractivity contribution in [3.8, 4) is 0 Å². The molecule has 8 heteroatoms. The number of aliphatic imine (C=N–C) groups is 1. The van der Waals surface area contributed by atoms with Crippen molar-refractivity contribution in [2.24, 2.45) is 10.7 Å². The van der Waals surface area contributed by atoms with Crippen molar-refractivity contribution in [1.82, 2.24) is 9.55 Å². The molecule has 1 atom stereocenters. The molecule has 36 heavy (non-hydrogen) atoms. The van der Waals surface area contributed by atoms with E-state index in [2.05, 4.69) is 17.1 Å². The number of hydrogen-bond acceptors (Lipinski definition) is 5. The Labute approximate surface area is 206 Å². The van der Waals surface area contributed by atoms with Gasteiger partial charge in [0.25, 0.3) is 11.5 Å². The summed E-state index contributed by atoms with van der Waals surface area (Å²) in [4.78, 5) is 50.6. The Hall–Kier alpha value is -4.59. The van der Waals surface area contributed by atoms with E-state index in [-0.39, 0.29) is 16.9 Å². The lowest BCUT2D eigenvalue weighted by atomic mass is 9.96. The van der Waals surface area contributed by atoms with Crippen LogP contribution in [0.4, 0.5) is 5.69 Å². The molecule has 0 spiro atoms. The second-order valence-electron chi connectivity index (χ2n) is 9.21. The maximum absolute atomic E-state index is 14.0. The number of nitrogens with two attached hydrogens (primary N) is 1. The number of hydrogen-bond donors (Lipinski definition) is 1. The predicted molar refractivity (Wildman–Crippen MR) is 138 cm³/mol. The van der Waals surface area contributed by atoms with Crippen molar-refractivity contribution in [2.45, 2.75) is 26.4 Å². The third-order valence-corrected chi connectivity index (χ3v) is 6.86. The Morgan fingerprint density at radius 3 is 2.56 bits per heavy atom. The van der Waals surface area contributed by atoms with Crippen LogP contribution < -0.4 is 16.2 Å². The second kappa shape index (κ2) is 7.98. The Balaban J connectivity index is 1.63. The molecule has 2 amide bonds. The number of carbonyl (C=O) groups is 2. The van der Waals surface area contributed by atoms with Crippen molar-refractivity contribution >= 4 is 34.1 Å². The first kappa shape index (κ1) is 21.9. The summed E-state index contributed by atoms with van der Waals surface area (Å²) < 4.78 is 1.36. The molecule has 0 saturated carbocycles. The highest BCUT2D eigenvalue weighted by Crippen LogP contribution is 2.39. The summed E-state index contributed by atoms with van der Waals surface area (Å²) in [6.45, 7) is 4.23. The van der Waals surface area contributed by atoms with Gasteiger partial charge in [-0.2, -0.15) is 0 Å². The fraction of sp³-hybridized carbons (Fsp3) is 0.179. The van der Waals surface area contributed by atoms with Crippen molar-refractivity contribution in [1.29, 1.82) is 0 Å². The summed E-state index contributed by atoms with van der Waals surface area (Å²) >= 11 is 0. The van der Waals surface area contributed by atoms with E-state index in [1.54, 1.807) is 11.8 Å². The Kier molecular flexibility index (Phi) is 4.86. The fourth-order valence-corrected chi connectivity index (χ4v) is 5.24. The molecule has 1 aromatic heterocycles. The number of aryl methyl sites for hydroxylation is 2. The maximum atomic E-state index is 14.0. The average molecular weight is 478 g/mol. The molecule has 0 aliphatic carbocycles. The Morgan fingerprint density at radius 2 is 1.81 bits per heavy atom. The van der Waals surface area contributed by atoms with E-state index < -0.39 is 17.6 Å². The molecule has 2 N–H and O–H groups in total. The van der Waals surface area contributed by atoms with Gasteiger partial charge in [0.1, 0.15) is 5.82 Å². The summed E-state index contributed by atoms with van der Waals surface area (Å²) in [5, 5.41) is 0.287. The van der Waals surface area contributed by atoms with Gasteiger partial charge in [-0.1, -0.05) is 42.0 Å². The van der Waals surface area contributed by atoms with Gasteiger partial charge in [0, 0.05) is 23.2 Å². The van der Waals surface area contributed by atoms with Gasteiger partial charge in [0.2, 0.25) is 12.1 Å². The number of primary amides is 1. The van der Waals surface area contributed by atoms with Crippen molar-refractivity contribution in [2.75, 3.05) is 11.4 Å². The summed E-state index contributed by atoms with van der Waals surface area (Å²) in [5.74, 6) is -0.551. The molecule has 1 unspecified atom stereocenters. The highest BCUT2D eigenvalue weighted by molar-refractivity contribution is 6.20. The zero-order valence-electron chi connectivity index (χ0n) is 19.9. The van der Waals surface area contributed by atoms with Gasteiger partial charge in [-0.25, -0.2) is 9.98 Å². The lowest BCUT2D eigenvalue weighted by Crippen LogP contribution is -2.39. The number of anilines is 1. The first-order valence-corrected chi connectivity index (χ1v) is 11.7. The number of benzene rings is 3. The molecule has 4 aromatic rings. The predicted octanol–water partition coefficient (Wildman–Crippen LogP) is 3.05. The number of rotatable bonds is 3. The molecule has 3 heterocycles. The van der Waals surface area contributed by atoms with Crippen LogP contribution in [-0.4, -0.2) is 33.6 Å². The van der Waals surface area contributed by atoms with Crippen molar-refractivity contribution in [3.63, 3.8) is 0 Å². The van der Waals surface area contributed by atoms with E-state index in [9.17, 15) is 14.4 Å². The minimum atomic E-state index is -1.13. The monoisotopic (exact) mass is 477 g/mol. The highest BCUT2D eigenvalue weighted by atomic mass is 16.2. The molecule has 2 aliphatic rings. The van der Waals surface area contributed by atoms with Crippen molar-refractivity contribution < 1.29 is 9.59 Å². The zero-order valence-corrected chi connectivity index (χ0v) is 19.9. The minimum absolute atomic E-state index is 0.261. The third-order valence-electron chi connectivity index (χ3n) is 6.86. The zero-order chi connectivity index (χ0) is 25.1. The van der Waals surface area contributed by atoms with Gasteiger partial charge in [-0.3, -0.25) is 19.0 Å². The molecule has 178 valence electrons. The van der Waals surface area contributed by atoms with Gasteiger partial charge < -0.3 is 10.6 Å². The topological polar surface area (TPSA) is 111 Å². The molecule has 6 rings (SSSR count). The summed E-state index contributed by atoms with van der Waals surface area (Å²) in [6, 6.07) is 18.4. The van der Waals surface area contributed by atoms with E-state index in [1.165, 1.54) is 22.8 Å². The standard InChI is InChI=1S/C28H23N5O3/c1-15-12-18-10-11-32-24(18)21(13-15)23(17-6-4-3-5-7-17)31-26(28(32)36)33-16(2)30-22-14-19(25(29)34)8-9-20(22)27(33)35/h3-9,12-14,26H,10-11H2,1-2H3,(H2,29,34). The van der Waals surface area contributed by atoms with Crippen LogP contribution in [0.1, 0.15) is 44.6 Å². The van der Waals surface area contributed by atoms with Crippen LogP contribution >= 0.6 is 0 Å². The number of aromatic nitrogens is 2. The first-order valence-electron chi connectivity index (χ1n) is 11.7. The normalized spacial score (nSPS) is 16.6. The first-order chi connectivity index (χ1) is 17.3. The van der Waals surface area contributed by atoms with Crippen molar-refractivity contribution in [3.05, 3.63) is 105 Å². The highest BCUT2D eigenvalue weighted by Gasteiger charge is 2.38. The van der Waals surface area contributed by atoms with Gasteiger partial charge >= 0.3 is 0 Å². The molecule has 0 fully saturated rings. The van der Waals surface area contributed by atoms with E-state index in [0.29, 0.717) is 23.6 Å². The maximum Gasteiger partial charge on any atom is 0.272 e. The van der Waals surface area contributed by atoms with Gasteiger partial charge in [-0.05, 0) is 50.1 Å². The molecule has 2 aliphatic heterocycles. The fourth-order valence-electron chi connectivity index (χ4n) is 5.24. The average Bonchev–Trinajstić information content (AvgIpc) is 3.24. The smallest absolute Gasteiger partial charge is 0.272 e. The molecule has 0 saturated heterocycles. The van der Waals surface area contributed by atoms with Crippen LogP contribution in [0.15, 0.2) is 70.5 Å². The van der Waals surface area contributed by atoms with Crippen LogP contribution in [0.3, 0.4) is 0 Å². The number of fused-ring (bicyclic) bond motifs is 1. The molecular formula is C28H23N5O3. The van der Waals surface area contributed by atoms with E-state index in [0.717, 1.165) is 34.4 Å². The number of carbonyl (C=O) groups excluding carboxylic acids is 2. The minimum Gasteiger partial charge on any atom is -0.366 e. The quantitative estimate of drug-likeness (QED) is 0.489. The van der Waals surface area contributed by atoms with E-state index in [4.69, 9.17) is 10.7 Å². The molecule has 3 aromatic carbocycles. The van der Waals surface area contributed by atoms with Gasteiger partial charge in [0.05, 0.1) is 22.3 Å². The second-order valence-corrected chi connectivity index (χ2v) is 9.21. The molecular weight excluding hydrogens is 454 g/mol. The lowest BCUT2D eigenvalue weighted by molar-refractivity contribution is -0.121. The third kappa shape index (κ3) is 3.25. The van der Waals surface area contributed by atoms with Crippen LogP contribution in [-0.2, 0) is 11.2 Å². The SMILES string of the molecule is Cc1cc2c3c(c1)C(c1ccccc1)=NC(n1c(C)nc4cc(C(N)=O)ccc4c1=O)C(=O)N3CC2. The van der Waals surface area contributed by atoms with Crippen LogP contribution in [0, 0.1) is 13.8 Å². The van der Waals surface area contributed by atoms with Crippen LogP contribution in [0.2, 0.25) is 0 Å². The summed E-state index contributed by atoms with van der Waals surface area (Å²) in [6.07, 6.45) is -0.385. The van der Waals surface area contributed by atoms with Crippen LogP contribution in [0.5, 0.6) is 0 Å².